The van der Waals surface area contributed by atoms with E-state index in [1.54, 1.807) is 29.2 Å². The predicted octanol–water partition coefficient (Wildman–Crippen LogP) is 5.68. The van der Waals surface area contributed by atoms with E-state index in [1.807, 2.05) is 91.0 Å². The zero-order valence-corrected chi connectivity index (χ0v) is 21.2. The summed E-state index contributed by atoms with van der Waals surface area (Å²) >= 11 is 6.22. The third-order valence-electron chi connectivity index (χ3n) is 5.96. The van der Waals surface area contributed by atoms with Gasteiger partial charge >= 0.3 is 0 Å². The number of hydrogen-bond acceptors (Lipinski definition) is 3. The molecule has 37 heavy (non-hydrogen) atoms. The van der Waals surface area contributed by atoms with Gasteiger partial charge in [0.2, 0.25) is 5.91 Å². The van der Waals surface area contributed by atoms with Gasteiger partial charge in [0, 0.05) is 19.5 Å². The molecule has 4 rings (SSSR count). The van der Waals surface area contributed by atoms with Crippen molar-refractivity contribution in [3.63, 3.8) is 0 Å². The first-order valence-electron chi connectivity index (χ1n) is 12.2. The fourth-order valence-corrected chi connectivity index (χ4v) is 4.21. The van der Waals surface area contributed by atoms with Crippen molar-refractivity contribution in [2.24, 2.45) is 0 Å². The summed E-state index contributed by atoms with van der Waals surface area (Å²) in [5.41, 5.74) is 2.86. The lowest BCUT2D eigenvalue weighted by Gasteiger charge is -2.31. The maximum absolute atomic E-state index is 13.6. The Morgan fingerprint density at radius 2 is 1.27 bits per heavy atom. The highest BCUT2D eigenvalue weighted by atomic mass is 35.5. The number of halogens is 1. The maximum atomic E-state index is 13.6. The molecule has 0 unspecified atom stereocenters. The van der Waals surface area contributed by atoms with Crippen LogP contribution >= 0.6 is 11.6 Å². The summed E-state index contributed by atoms with van der Waals surface area (Å²) in [7, 11) is 0. The number of amides is 2. The number of para-hydroxylation sites is 1. The van der Waals surface area contributed by atoms with E-state index in [4.69, 9.17) is 16.3 Å². The Morgan fingerprint density at radius 3 is 1.89 bits per heavy atom. The number of rotatable bonds is 11. The van der Waals surface area contributed by atoms with Gasteiger partial charge in [-0.3, -0.25) is 9.59 Å². The molecular formula is C31H29ClN2O3. The molecule has 0 aliphatic carbocycles. The first kappa shape index (κ1) is 26.0. The zero-order chi connectivity index (χ0) is 25.9. The molecule has 4 aromatic rings. The van der Waals surface area contributed by atoms with Crippen molar-refractivity contribution in [1.82, 2.24) is 10.2 Å². The molecule has 0 spiro atoms. The van der Waals surface area contributed by atoms with Gasteiger partial charge in [0.1, 0.15) is 11.8 Å². The van der Waals surface area contributed by atoms with E-state index < -0.39 is 6.04 Å². The highest BCUT2D eigenvalue weighted by Crippen LogP contribution is 2.23. The summed E-state index contributed by atoms with van der Waals surface area (Å²) in [5.74, 6) is -0.111. The molecular weight excluding hydrogens is 484 g/mol. The molecule has 0 aromatic heterocycles. The van der Waals surface area contributed by atoms with E-state index in [0.29, 0.717) is 23.7 Å². The molecule has 0 radical (unpaired) electrons. The largest absolute Gasteiger partial charge is 0.482 e. The molecule has 6 heteroatoms. The standard InChI is InChI=1S/C31H29ClN2O3/c32-27-18-10-11-19-29(27)37-23-30(35)34(22-26-16-8-3-9-17-26)28(20-24-12-4-1-5-13-24)31(36)33-21-25-14-6-2-7-15-25/h1-19,28H,20-23H2,(H,33,36)/t28-/m1/s1. The quantitative estimate of drug-likeness (QED) is 0.281. The third kappa shape index (κ3) is 7.69. The average molecular weight is 513 g/mol. The van der Waals surface area contributed by atoms with Gasteiger partial charge in [-0.15, -0.1) is 0 Å². The molecule has 4 aromatic carbocycles. The molecule has 2 amide bonds. The van der Waals surface area contributed by atoms with E-state index in [2.05, 4.69) is 5.32 Å². The maximum Gasteiger partial charge on any atom is 0.261 e. The van der Waals surface area contributed by atoms with Crippen molar-refractivity contribution in [1.29, 1.82) is 0 Å². The van der Waals surface area contributed by atoms with E-state index in [-0.39, 0.29) is 25.0 Å². The van der Waals surface area contributed by atoms with Crippen LogP contribution in [0.5, 0.6) is 5.75 Å². The minimum Gasteiger partial charge on any atom is -0.482 e. The van der Waals surface area contributed by atoms with Gasteiger partial charge in [-0.1, -0.05) is 115 Å². The summed E-state index contributed by atoms with van der Waals surface area (Å²) in [5, 5.41) is 3.45. The van der Waals surface area contributed by atoms with Gasteiger partial charge in [-0.05, 0) is 28.8 Å². The summed E-state index contributed by atoms with van der Waals surface area (Å²) in [4.78, 5) is 28.8. The molecule has 5 nitrogen and oxygen atoms in total. The number of nitrogens with one attached hydrogen (secondary N) is 1. The molecule has 1 atom stereocenters. The second kappa shape index (κ2) is 13.3. The molecule has 1 N–H and O–H groups in total. The van der Waals surface area contributed by atoms with Crippen LogP contribution in [-0.4, -0.2) is 29.4 Å². The summed E-state index contributed by atoms with van der Waals surface area (Å²) in [6, 6.07) is 35.3. The van der Waals surface area contributed by atoms with Crippen LogP contribution < -0.4 is 10.1 Å². The summed E-state index contributed by atoms with van der Waals surface area (Å²) in [6.45, 7) is 0.393. The first-order valence-corrected chi connectivity index (χ1v) is 12.5. The monoisotopic (exact) mass is 512 g/mol. The van der Waals surface area contributed by atoms with Crippen LogP contribution in [-0.2, 0) is 29.1 Å². The normalized spacial score (nSPS) is 11.4. The minimum atomic E-state index is -0.742. The van der Waals surface area contributed by atoms with Gasteiger partial charge in [0.05, 0.1) is 5.02 Å². The lowest BCUT2D eigenvalue weighted by atomic mass is 10.0. The van der Waals surface area contributed by atoms with E-state index in [9.17, 15) is 9.59 Å². The summed E-state index contributed by atoms with van der Waals surface area (Å²) < 4.78 is 5.77. The third-order valence-corrected chi connectivity index (χ3v) is 6.28. The highest BCUT2D eigenvalue weighted by molar-refractivity contribution is 6.32. The van der Waals surface area contributed by atoms with Gasteiger partial charge in [0.15, 0.2) is 6.61 Å². The van der Waals surface area contributed by atoms with Crippen molar-refractivity contribution in [2.45, 2.75) is 25.6 Å². The Hall–Kier alpha value is -4.09. The van der Waals surface area contributed by atoms with Crippen molar-refractivity contribution in [3.8, 4) is 5.75 Å². The van der Waals surface area contributed by atoms with E-state index in [0.717, 1.165) is 16.7 Å². The molecule has 188 valence electrons. The SMILES string of the molecule is O=C(NCc1ccccc1)[C@@H](Cc1ccccc1)N(Cc1ccccc1)C(=O)COc1ccccc1Cl. The average Bonchev–Trinajstić information content (AvgIpc) is 2.94. The van der Waals surface area contributed by atoms with Gasteiger partial charge in [-0.25, -0.2) is 0 Å². The molecule has 0 aliphatic heterocycles. The molecule has 0 saturated carbocycles. The fourth-order valence-electron chi connectivity index (χ4n) is 4.02. The summed E-state index contributed by atoms with van der Waals surface area (Å²) in [6.07, 6.45) is 0.367. The zero-order valence-electron chi connectivity index (χ0n) is 20.4. The first-order chi connectivity index (χ1) is 18.1. The smallest absolute Gasteiger partial charge is 0.261 e. The van der Waals surface area contributed by atoms with Crippen molar-refractivity contribution < 1.29 is 14.3 Å². The number of ether oxygens (including phenoxy) is 1. The number of nitrogens with zero attached hydrogens (tertiary/aromatic N) is 1. The minimum absolute atomic E-state index is 0.227. The fraction of sp³-hybridized carbons (Fsp3) is 0.161. The van der Waals surface area contributed by atoms with Gasteiger partial charge in [-0.2, -0.15) is 0 Å². The second-order valence-electron chi connectivity index (χ2n) is 8.64. The Bertz CT molecular complexity index is 1280. The molecule has 0 bridgehead atoms. The Morgan fingerprint density at radius 1 is 0.730 bits per heavy atom. The van der Waals surface area contributed by atoms with Gasteiger partial charge in [0.25, 0.3) is 5.91 Å². The van der Waals surface area contributed by atoms with Crippen LogP contribution in [0, 0.1) is 0 Å². The Labute approximate surface area is 222 Å². The lowest BCUT2D eigenvalue weighted by Crippen LogP contribution is -2.51. The number of benzene rings is 4. The topological polar surface area (TPSA) is 58.6 Å². The molecule has 0 aliphatic rings. The van der Waals surface area contributed by atoms with Crippen LogP contribution in [0.25, 0.3) is 0 Å². The second-order valence-corrected chi connectivity index (χ2v) is 9.04. The lowest BCUT2D eigenvalue weighted by molar-refractivity contribution is -0.142. The van der Waals surface area contributed by atoms with E-state index >= 15 is 0 Å². The Balaban J connectivity index is 1.60. The van der Waals surface area contributed by atoms with E-state index in [1.165, 1.54) is 0 Å². The van der Waals surface area contributed by atoms with Crippen LogP contribution in [0.2, 0.25) is 5.02 Å². The van der Waals surface area contributed by atoms with Crippen LogP contribution in [0.3, 0.4) is 0 Å². The van der Waals surface area contributed by atoms with Crippen LogP contribution in [0.15, 0.2) is 115 Å². The van der Waals surface area contributed by atoms with Crippen molar-refractivity contribution in [3.05, 3.63) is 137 Å². The van der Waals surface area contributed by atoms with Crippen LogP contribution in [0.4, 0.5) is 0 Å². The molecule has 0 heterocycles. The Kier molecular flexibility index (Phi) is 9.33. The molecule has 0 fully saturated rings. The number of hydrogen-bond donors (Lipinski definition) is 1. The number of carbonyl (C=O) groups excluding carboxylic acids is 2. The van der Waals surface area contributed by atoms with Crippen molar-refractivity contribution in [2.75, 3.05) is 6.61 Å². The van der Waals surface area contributed by atoms with Crippen LogP contribution in [0.1, 0.15) is 16.7 Å². The van der Waals surface area contributed by atoms with Crippen molar-refractivity contribution >= 4 is 23.4 Å². The molecule has 0 saturated heterocycles. The van der Waals surface area contributed by atoms with Gasteiger partial charge < -0.3 is 15.0 Å². The number of carbonyl (C=O) groups is 2. The predicted molar refractivity (Wildman–Crippen MR) is 146 cm³/mol. The highest BCUT2D eigenvalue weighted by Gasteiger charge is 2.30.